The predicted octanol–water partition coefficient (Wildman–Crippen LogP) is 3.29. The Morgan fingerprint density at radius 2 is 1.96 bits per heavy atom. The van der Waals surface area contributed by atoms with Crippen molar-refractivity contribution in [1.82, 2.24) is 15.3 Å². The van der Waals surface area contributed by atoms with E-state index in [0.717, 1.165) is 17.8 Å². The van der Waals surface area contributed by atoms with Crippen LogP contribution in [0.15, 0.2) is 48.9 Å². The van der Waals surface area contributed by atoms with Gasteiger partial charge in [-0.05, 0) is 42.7 Å². The van der Waals surface area contributed by atoms with Crippen molar-refractivity contribution < 1.29 is 18.0 Å². The lowest BCUT2D eigenvalue weighted by molar-refractivity contribution is -0.137. The highest BCUT2D eigenvalue weighted by Crippen LogP contribution is 2.29. The summed E-state index contributed by atoms with van der Waals surface area (Å²) in [5, 5.41) is 2.95. The van der Waals surface area contributed by atoms with Crippen LogP contribution in [0.25, 0.3) is 6.08 Å². The number of amides is 1. The first kappa shape index (κ1) is 18.9. The lowest BCUT2D eigenvalue weighted by Crippen LogP contribution is -2.44. The summed E-state index contributed by atoms with van der Waals surface area (Å²) in [5.74, 6) is 0.342. The Hall–Kier alpha value is -2.90. The molecule has 0 unspecified atom stereocenters. The lowest BCUT2D eigenvalue weighted by Gasteiger charge is -2.33. The summed E-state index contributed by atoms with van der Waals surface area (Å²) < 4.78 is 37.8. The van der Waals surface area contributed by atoms with Crippen molar-refractivity contribution in [3.63, 3.8) is 0 Å². The molecular formula is C19H19F3N4O. The first-order chi connectivity index (χ1) is 12.9. The molecule has 3 heterocycles. The van der Waals surface area contributed by atoms with Gasteiger partial charge >= 0.3 is 6.18 Å². The van der Waals surface area contributed by atoms with Crippen LogP contribution in [0, 0.1) is 0 Å². The van der Waals surface area contributed by atoms with Gasteiger partial charge in [-0.15, -0.1) is 0 Å². The second kappa shape index (κ2) is 8.20. The fourth-order valence-electron chi connectivity index (χ4n) is 2.89. The zero-order valence-electron chi connectivity index (χ0n) is 14.5. The van der Waals surface area contributed by atoms with Crippen molar-refractivity contribution >= 4 is 17.8 Å². The van der Waals surface area contributed by atoms with Gasteiger partial charge in [-0.3, -0.25) is 9.78 Å². The van der Waals surface area contributed by atoms with Crippen LogP contribution in [-0.4, -0.2) is 35.0 Å². The van der Waals surface area contributed by atoms with E-state index in [1.54, 1.807) is 24.5 Å². The Morgan fingerprint density at radius 1 is 1.19 bits per heavy atom. The van der Waals surface area contributed by atoms with Gasteiger partial charge in [0.2, 0.25) is 5.91 Å². The van der Waals surface area contributed by atoms with Crippen molar-refractivity contribution in [1.29, 1.82) is 0 Å². The second-order valence-electron chi connectivity index (χ2n) is 6.29. The highest BCUT2D eigenvalue weighted by atomic mass is 19.4. The van der Waals surface area contributed by atoms with E-state index in [0.29, 0.717) is 31.7 Å². The molecule has 0 aromatic carbocycles. The third-order valence-corrected chi connectivity index (χ3v) is 4.35. The summed E-state index contributed by atoms with van der Waals surface area (Å²) in [6.07, 6.45) is 4.38. The molecule has 2 aromatic heterocycles. The summed E-state index contributed by atoms with van der Waals surface area (Å²) in [6, 6.07) is 6.11. The van der Waals surface area contributed by atoms with Crippen LogP contribution in [0.5, 0.6) is 0 Å². The van der Waals surface area contributed by atoms with Crippen LogP contribution in [0.3, 0.4) is 0 Å². The largest absolute Gasteiger partial charge is 0.417 e. The molecule has 1 amide bonds. The molecule has 1 aliphatic heterocycles. The zero-order chi connectivity index (χ0) is 19.3. The summed E-state index contributed by atoms with van der Waals surface area (Å²) in [5.41, 5.74) is 0.0876. The highest BCUT2D eigenvalue weighted by molar-refractivity contribution is 5.91. The van der Waals surface area contributed by atoms with Gasteiger partial charge in [0.15, 0.2) is 0 Å². The van der Waals surface area contributed by atoms with Gasteiger partial charge in [0.1, 0.15) is 5.82 Å². The van der Waals surface area contributed by atoms with Gasteiger partial charge in [-0.25, -0.2) is 4.98 Å². The number of carbonyl (C=O) groups is 1. The maximum Gasteiger partial charge on any atom is 0.417 e. The van der Waals surface area contributed by atoms with E-state index in [2.05, 4.69) is 15.3 Å². The van der Waals surface area contributed by atoms with Gasteiger partial charge in [-0.2, -0.15) is 13.2 Å². The van der Waals surface area contributed by atoms with Crippen LogP contribution in [0.4, 0.5) is 19.0 Å². The maximum atomic E-state index is 12.6. The smallest absolute Gasteiger partial charge is 0.356 e. The molecule has 1 N–H and O–H groups in total. The van der Waals surface area contributed by atoms with E-state index in [4.69, 9.17) is 0 Å². The zero-order valence-corrected chi connectivity index (χ0v) is 14.5. The van der Waals surface area contributed by atoms with Gasteiger partial charge < -0.3 is 10.2 Å². The Bertz CT molecular complexity index is 783. The van der Waals surface area contributed by atoms with E-state index < -0.39 is 11.7 Å². The van der Waals surface area contributed by atoms with E-state index >= 15 is 0 Å². The molecule has 0 bridgehead atoms. The number of anilines is 1. The molecule has 0 spiro atoms. The van der Waals surface area contributed by atoms with Crippen molar-refractivity contribution in [2.24, 2.45) is 0 Å². The third kappa shape index (κ3) is 5.29. The summed E-state index contributed by atoms with van der Waals surface area (Å²) in [4.78, 5) is 21.8. The number of aromatic nitrogens is 2. The lowest BCUT2D eigenvalue weighted by atomic mass is 10.0. The number of hydrogen-bond donors (Lipinski definition) is 1. The fraction of sp³-hybridized carbons (Fsp3) is 0.316. The average molecular weight is 376 g/mol. The maximum absolute atomic E-state index is 12.6. The van der Waals surface area contributed by atoms with Gasteiger partial charge in [0.25, 0.3) is 0 Å². The summed E-state index contributed by atoms with van der Waals surface area (Å²) in [7, 11) is 0. The topological polar surface area (TPSA) is 58.1 Å². The Balaban J connectivity index is 1.48. The van der Waals surface area contributed by atoms with Crippen molar-refractivity contribution in [2.45, 2.75) is 25.1 Å². The average Bonchev–Trinajstić information content (AvgIpc) is 2.67. The Labute approximate surface area is 154 Å². The molecular weight excluding hydrogens is 357 g/mol. The number of carbonyl (C=O) groups excluding carboxylic acids is 1. The van der Waals surface area contributed by atoms with Crippen LogP contribution >= 0.6 is 0 Å². The SMILES string of the molecule is O=C(C=Cc1cccnc1)NC1CCN(c2ccc(C(F)(F)F)cn2)CC1. The molecule has 1 fully saturated rings. The van der Waals surface area contributed by atoms with Crippen LogP contribution < -0.4 is 10.2 Å². The monoisotopic (exact) mass is 376 g/mol. The molecule has 1 aliphatic rings. The molecule has 0 radical (unpaired) electrons. The number of nitrogens with zero attached hydrogens (tertiary/aromatic N) is 3. The van der Waals surface area contributed by atoms with Crippen molar-refractivity contribution in [2.75, 3.05) is 18.0 Å². The molecule has 2 aromatic rings. The molecule has 142 valence electrons. The summed E-state index contributed by atoms with van der Waals surface area (Å²) in [6.45, 7) is 1.24. The van der Waals surface area contributed by atoms with E-state index in [-0.39, 0.29) is 11.9 Å². The number of halogens is 3. The van der Waals surface area contributed by atoms with E-state index in [1.807, 2.05) is 11.0 Å². The molecule has 1 saturated heterocycles. The number of alkyl halides is 3. The van der Waals surface area contributed by atoms with Crippen LogP contribution in [-0.2, 0) is 11.0 Å². The number of rotatable bonds is 4. The highest BCUT2D eigenvalue weighted by Gasteiger charge is 2.31. The number of piperidine rings is 1. The van der Waals surface area contributed by atoms with Crippen LogP contribution in [0.1, 0.15) is 24.0 Å². The molecule has 3 rings (SSSR count). The van der Waals surface area contributed by atoms with Gasteiger partial charge in [0.05, 0.1) is 5.56 Å². The normalized spacial score (nSPS) is 15.9. The van der Waals surface area contributed by atoms with E-state index in [9.17, 15) is 18.0 Å². The Morgan fingerprint density at radius 3 is 2.56 bits per heavy atom. The van der Waals surface area contributed by atoms with Crippen LogP contribution in [0.2, 0.25) is 0 Å². The van der Waals surface area contributed by atoms with Crippen molar-refractivity contribution in [3.05, 3.63) is 60.1 Å². The second-order valence-corrected chi connectivity index (χ2v) is 6.29. The Kier molecular flexibility index (Phi) is 5.73. The molecule has 0 atom stereocenters. The third-order valence-electron chi connectivity index (χ3n) is 4.35. The molecule has 0 aliphatic carbocycles. The van der Waals surface area contributed by atoms with Crippen molar-refractivity contribution in [3.8, 4) is 0 Å². The minimum Gasteiger partial charge on any atom is -0.356 e. The standard InChI is InChI=1S/C19H19F3N4O/c20-19(21,22)15-4-5-17(24-13-15)26-10-7-16(8-11-26)25-18(27)6-3-14-2-1-9-23-12-14/h1-6,9,12-13,16H,7-8,10-11H2,(H,25,27). The van der Waals surface area contributed by atoms with E-state index in [1.165, 1.54) is 12.1 Å². The molecule has 27 heavy (non-hydrogen) atoms. The quantitative estimate of drug-likeness (QED) is 0.832. The fourth-order valence-corrected chi connectivity index (χ4v) is 2.89. The number of nitrogens with one attached hydrogen (secondary N) is 1. The minimum absolute atomic E-state index is 0.0294. The number of hydrogen-bond acceptors (Lipinski definition) is 4. The predicted molar refractivity (Wildman–Crippen MR) is 95.9 cm³/mol. The first-order valence-corrected chi connectivity index (χ1v) is 8.58. The van der Waals surface area contributed by atoms with Gasteiger partial charge in [0, 0.05) is 43.8 Å². The number of pyridine rings is 2. The first-order valence-electron chi connectivity index (χ1n) is 8.58. The molecule has 8 heteroatoms. The molecule has 0 saturated carbocycles. The van der Waals surface area contributed by atoms with Gasteiger partial charge in [-0.1, -0.05) is 6.07 Å². The summed E-state index contributed by atoms with van der Waals surface area (Å²) >= 11 is 0. The molecule has 5 nitrogen and oxygen atoms in total. The minimum atomic E-state index is -4.38.